The van der Waals surface area contributed by atoms with Crippen LogP contribution in [-0.4, -0.2) is 44.8 Å². The SMILES string of the molecule is CCN(Cc1ccc(N(C)C)cc1)C[C@H]1CCO[C@@H](C)C1. The zero-order valence-electron chi connectivity index (χ0n) is 14.0. The quantitative estimate of drug-likeness (QED) is 0.798. The topological polar surface area (TPSA) is 15.7 Å². The van der Waals surface area contributed by atoms with Crippen molar-refractivity contribution in [1.82, 2.24) is 4.90 Å². The van der Waals surface area contributed by atoms with Gasteiger partial charge in [-0.2, -0.15) is 0 Å². The monoisotopic (exact) mass is 290 g/mol. The van der Waals surface area contributed by atoms with E-state index in [4.69, 9.17) is 4.74 Å². The molecule has 3 heteroatoms. The molecule has 0 aromatic heterocycles. The number of anilines is 1. The van der Waals surface area contributed by atoms with Gasteiger partial charge in [-0.05, 0) is 49.9 Å². The van der Waals surface area contributed by atoms with Crippen LogP contribution in [0, 0.1) is 5.92 Å². The molecule has 0 unspecified atom stereocenters. The van der Waals surface area contributed by atoms with Crippen molar-refractivity contribution in [3.05, 3.63) is 29.8 Å². The van der Waals surface area contributed by atoms with Crippen LogP contribution < -0.4 is 4.90 Å². The van der Waals surface area contributed by atoms with Gasteiger partial charge in [0.2, 0.25) is 0 Å². The van der Waals surface area contributed by atoms with Crippen LogP contribution in [0.5, 0.6) is 0 Å². The molecule has 1 aromatic rings. The molecule has 0 N–H and O–H groups in total. The maximum Gasteiger partial charge on any atom is 0.0550 e. The Morgan fingerprint density at radius 3 is 2.48 bits per heavy atom. The molecule has 1 aromatic carbocycles. The van der Waals surface area contributed by atoms with Crippen molar-refractivity contribution < 1.29 is 4.74 Å². The van der Waals surface area contributed by atoms with Gasteiger partial charge in [-0.25, -0.2) is 0 Å². The molecule has 0 spiro atoms. The molecule has 1 aliphatic heterocycles. The molecule has 118 valence electrons. The van der Waals surface area contributed by atoms with Crippen LogP contribution in [0.2, 0.25) is 0 Å². The van der Waals surface area contributed by atoms with Crippen LogP contribution in [0.1, 0.15) is 32.3 Å². The molecule has 0 bridgehead atoms. The van der Waals surface area contributed by atoms with Gasteiger partial charge in [0.25, 0.3) is 0 Å². The fourth-order valence-corrected chi connectivity index (χ4v) is 3.09. The fourth-order valence-electron chi connectivity index (χ4n) is 3.09. The van der Waals surface area contributed by atoms with Gasteiger partial charge >= 0.3 is 0 Å². The lowest BCUT2D eigenvalue weighted by atomic mass is 9.95. The highest BCUT2D eigenvalue weighted by molar-refractivity contribution is 5.45. The number of hydrogen-bond donors (Lipinski definition) is 0. The van der Waals surface area contributed by atoms with Gasteiger partial charge in [0, 0.05) is 39.5 Å². The lowest BCUT2D eigenvalue weighted by molar-refractivity contribution is -0.00578. The van der Waals surface area contributed by atoms with Crippen molar-refractivity contribution in [3.8, 4) is 0 Å². The van der Waals surface area contributed by atoms with Crippen molar-refractivity contribution in [2.75, 3.05) is 38.7 Å². The minimum absolute atomic E-state index is 0.432. The van der Waals surface area contributed by atoms with E-state index in [-0.39, 0.29) is 0 Å². The minimum Gasteiger partial charge on any atom is -0.378 e. The molecular weight excluding hydrogens is 260 g/mol. The van der Waals surface area contributed by atoms with E-state index in [1.807, 2.05) is 0 Å². The summed E-state index contributed by atoms with van der Waals surface area (Å²) in [5.74, 6) is 0.787. The first-order valence-electron chi connectivity index (χ1n) is 8.18. The van der Waals surface area contributed by atoms with E-state index < -0.39 is 0 Å². The standard InChI is InChI=1S/C18H30N2O/c1-5-20(14-17-10-11-21-15(2)12-17)13-16-6-8-18(9-7-16)19(3)4/h6-9,15,17H,5,10-14H2,1-4H3/t15-,17-/m0/s1. The fraction of sp³-hybridized carbons (Fsp3) is 0.667. The zero-order chi connectivity index (χ0) is 15.2. The van der Waals surface area contributed by atoms with Crippen LogP contribution in [-0.2, 0) is 11.3 Å². The smallest absolute Gasteiger partial charge is 0.0550 e. The number of rotatable bonds is 6. The summed E-state index contributed by atoms with van der Waals surface area (Å²) in [6.45, 7) is 8.75. The van der Waals surface area contributed by atoms with E-state index in [9.17, 15) is 0 Å². The third kappa shape index (κ3) is 5.01. The maximum atomic E-state index is 5.65. The molecule has 1 heterocycles. The van der Waals surface area contributed by atoms with Crippen LogP contribution in [0.3, 0.4) is 0 Å². The average Bonchev–Trinajstić information content (AvgIpc) is 2.47. The molecule has 0 radical (unpaired) electrons. The van der Waals surface area contributed by atoms with Crippen molar-refractivity contribution in [2.24, 2.45) is 5.92 Å². The van der Waals surface area contributed by atoms with Gasteiger partial charge in [0.15, 0.2) is 0 Å². The predicted octanol–water partition coefficient (Wildman–Crippen LogP) is 3.39. The first-order valence-corrected chi connectivity index (χ1v) is 8.18. The number of ether oxygens (including phenoxy) is 1. The number of benzene rings is 1. The van der Waals surface area contributed by atoms with E-state index in [2.05, 4.69) is 62.0 Å². The summed E-state index contributed by atoms with van der Waals surface area (Å²) in [4.78, 5) is 4.71. The normalized spacial score (nSPS) is 22.5. The molecule has 1 aliphatic rings. The van der Waals surface area contributed by atoms with Crippen LogP contribution in [0.15, 0.2) is 24.3 Å². The molecule has 1 saturated heterocycles. The summed E-state index contributed by atoms with van der Waals surface area (Å²) >= 11 is 0. The van der Waals surface area contributed by atoms with E-state index in [1.54, 1.807) is 0 Å². The number of nitrogens with zero attached hydrogens (tertiary/aromatic N) is 2. The molecule has 21 heavy (non-hydrogen) atoms. The molecule has 1 fully saturated rings. The van der Waals surface area contributed by atoms with Gasteiger partial charge in [-0.1, -0.05) is 19.1 Å². The molecule has 3 nitrogen and oxygen atoms in total. The summed E-state index contributed by atoms with van der Waals surface area (Å²) in [5.41, 5.74) is 2.67. The summed E-state index contributed by atoms with van der Waals surface area (Å²) in [5, 5.41) is 0. The second-order valence-corrected chi connectivity index (χ2v) is 6.46. The highest BCUT2D eigenvalue weighted by Gasteiger charge is 2.21. The highest BCUT2D eigenvalue weighted by atomic mass is 16.5. The van der Waals surface area contributed by atoms with Gasteiger partial charge in [-0.3, -0.25) is 4.90 Å². The Morgan fingerprint density at radius 1 is 1.19 bits per heavy atom. The Bertz CT molecular complexity index is 416. The molecule has 0 saturated carbocycles. The Balaban J connectivity index is 1.89. The number of hydrogen-bond acceptors (Lipinski definition) is 3. The molecule has 0 aliphatic carbocycles. The van der Waals surface area contributed by atoms with Gasteiger partial charge in [-0.15, -0.1) is 0 Å². The van der Waals surface area contributed by atoms with Crippen molar-refractivity contribution in [3.63, 3.8) is 0 Å². The Morgan fingerprint density at radius 2 is 1.90 bits per heavy atom. The van der Waals surface area contributed by atoms with Crippen LogP contribution >= 0.6 is 0 Å². The largest absolute Gasteiger partial charge is 0.378 e. The summed E-state index contributed by atoms with van der Waals surface area (Å²) in [6.07, 6.45) is 2.85. The molecule has 0 amide bonds. The third-order valence-corrected chi connectivity index (χ3v) is 4.42. The van der Waals surface area contributed by atoms with Crippen molar-refractivity contribution >= 4 is 5.69 Å². The van der Waals surface area contributed by atoms with Crippen molar-refractivity contribution in [2.45, 2.75) is 39.3 Å². The first-order chi connectivity index (χ1) is 10.1. The van der Waals surface area contributed by atoms with Crippen LogP contribution in [0.25, 0.3) is 0 Å². The second kappa shape index (κ2) is 7.81. The Hall–Kier alpha value is -1.06. The molecular formula is C18H30N2O. The molecule has 2 rings (SSSR count). The Labute approximate surface area is 129 Å². The second-order valence-electron chi connectivity index (χ2n) is 6.46. The third-order valence-electron chi connectivity index (χ3n) is 4.42. The zero-order valence-corrected chi connectivity index (χ0v) is 14.0. The minimum atomic E-state index is 0.432. The van der Waals surface area contributed by atoms with E-state index in [1.165, 1.54) is 30.6 Å². The van der Waals surface area contributed by atoms with Crippen LogP contribution in [0.4, 0.5) is 5.69 Å². The predicted molar refractivity (Wildman–Crippen MR) is 89.9 cm³/mol. The van der Waals surface area contributed by atoms with Gasteiger partial charge < -0.3 is 9.64 Å². The molecule has 2 atom stereocenters. The summed E-state index contributed by atoms with van der Waals surface area (Å²) in [7, 11) is 4.17. The average molecular weight is 290 g/mol. The maximum absolute atomic E-state index is 5.65. The van der Waals surface area contributed by atoms with Gasteiger partial charge in [0.1, 0.15) is 0 Å². The van der Waals surface area contributed by atoms with Gasteiger partial charge in [0.05, 0.1) is 6.10 Å². The van der Waals surface area contributed by atoms with E-state index in [0.29, 0.717) is 6.10 Å². The summed E-state index contributed by atoms with van der Waals surface area (Å²) in [6, 6.07) is 8.93. The van der Waals surface area contributed by atoms with E-state index >= 15 is 0 Å². The lowest BCUT2D eigenvalue weighted by Gasteiger charge is -2.32. The van der Waals surface area contributed by atoms with Crippen molar-refractivity contribution in [1.29, 1.82) is 0 Å². The Kier molecular flexibility index (Phi) is 6.07. The lowest BCUT2D eigenvalue weighted by Crippen LogP contribution is -2.34. The first kappa shape index (κ1) is 16.3. The highest BCUT2D eigenvalue weighted by Crippen LogP contribution is 2.22. The summed E-state index contributed by atoms with van der Waals surface area (Å²) < 4.78 is 5.65. The van der Waals surface area contributed by atoms with E-state index in [0.717, 1.165) is 25.6 Å².